The molecule has 1 N–H and O–H groups in total. The van der Waals surface area contributed by atoms with Crippen molar-refractivity contribution in [2.75, 3.05) is 26.0 Å². The van der Waals surface area contributed by atoms with Gasteiger partial charge in [0.1, 0.15) is 6.33 Å². The Hall–Kier alpha value is -1.76. The molecular formula is C12H21N7. The van der Waals surface area contributed by atoms with Crippen LogP contribution in [0.5, 0.6) is 0 Å². The molecule has 0 aliphatic rings. The van der Waals surface area contributed by atoms with Crippen molar-refractivity contribution in [3.8, 4) is 0 Å². The Morgan fingerprint density at radius 2 is 2.11 bits per heavy atom. The van der Waals surface area contributed by atoms with E-state index < -0.39 is 0 Å². The van der Waals surface area contributed by atoms with Crippen LogP contribution in [0.15, 0.2) is 6.33 Å². The van der Waals surface area contributed by atoms with Crippen LogP contribution < -0.4 is 5.32 Å². The molecule has 0 radical (unpaired) electrons. The highest BCUT2D eigenvalue weighted by Crippen LogP contribution is 2.16. The summed E-state index contributed by atoms with van der Waals surface area (Å²) in [6.45, 7) is 5.96. The van der Waals surface area contributed by atoms with E-state index in [1.54, 1.807) is 6.33 Å². The van der Waals surface area contributed by atoms with Crippen LogP contribution in [-0.4, -0.2) is 56.5 Å². The first-order valence-electron chi connectivity index (χ1n) is 6.53. The van der Waals surface area contributed by atoms with E-state index in [0.717, 1.165) is 36.5 Å². The van der Waals surface area contributed by atoms with Gasteiger partial charge < -0.3 is 10.2 Å². The number of nitrogens with zero attached hydrogens (tertiary/aromatic N) is 6. The minimum Gasteiger partial charge on any atom is -0.366 e. The van der Waals surface area contributed by atoms with Crippen LogP contribution in [0, 0.1) is 0 Å². The Balaban J connectivity index is 2.18. The number of nitrogens with one attached hydrogen (secondary N) is 1. The van der Waals surface area contributed by atoms with E-state index >= 15 is 0 Å². The standard InChI is InChI=1S/C12H21N7/c1-9(2)15-11-10-12(14-8-13-11)19(17-16-10)7-5-6-18(3)4/h8-9H,5-7H2,1-4H3,(H,13,14,15). The summed E-state index contributed by atoms with van der Waals surface area (Å²) in [6, 6.07) is 0.303. The average Bonchev–Trinajstić information content (AvgIpc) is 2.73. The van der Waals surface area contributed by atoms with Gasteiger partial charge in [0.25, 0.3) is 0 Å². The Morgan fingerprint density at radius 3 is 2.79 bits per heavy atom. The summed E-state index contributed by atoms with van der Waals surface area (Å²) in [5.74, 6) is 0.749. The molecule has 0 spiro atoms. The Morgan fingerprint density at radius 1 is 1.32 bits per heavy atom. The molecule has 0 aliphatic carbocycles. The zero-order valence-electron chi connectivity index (χ0n) is 12.0. The zero-order chi connectivity index (χ0) is 13.8. The van der Waals surface area contributed by atoms with E-state index in [9.17, 15) is 0 Å². The van der Waals surface area contributed by atoms with Gasteiger partial charge in [0, 0.05) is 12.6 Å². The summed E-state index contributed by atoms with van der Waals surface area (Å²) in [7, 11) is 4.12. The molecule has 19 heavy (non-hydrogen) atoms. The van der Waals surface area contributed by atoms with E-state index in [2.05, 4.69) is 58.4 Å². The molecule has 104 valence electrons. The predicted octanol–water partition coefficient (Wildman–Crippen LogP) is 0.993. The van der Waals surface area contributed by atoms with Crippen LogP contribution in [0.2, 0.25) is 0 Å². The number of fused-ring (bicyclic) bond motifs is 1. The van der Waals surface area contributed by atoms with E-state index in [1.165, 1.54) is 0 Å². The third-order valence-corrected chi connectivity index (χ3v) is 2.70. The van der Waals surface area contributed by atoms with Gasteiger partial charge in [-0.2, -0.15) is 0 Å². The molecule has 0 aromatic carbocycles. The molecule has 0 atom stereocenters. The summed E-state index contributed by atoms with van der Waals surface area (Å²) in [6.07, 6.45) is 2.57. The number of aryl methyl sites for hydroxylation is 1. The fraction of sp³-hybridized carbons (Fsp3) is 0.667. The van der Waals surface area contributed by atoms with Gasteiger partial charge in [-0.1, -0.05) is 5.21 Å². The van der Waals surface area contributed by atoms with E-state index in [0.29, 0.717) is 6.04 Å². The molecule has 7 nitrogen and oxygen atoms in total. The molecular weight excluding hydrogens is 242 g/mol. The van der Waals surface area contributed by atoms with Gasteiger partial charge in [0.15, 0.2) is 17.0 Å². The lowest BCUT2D eigenvalue weighted by Crippen LogP contribution is -2.15. The van der Waals surface area contributed by atoms with Crippen molar-refractivity contribution < 1.29 is 0 Å². The minimum atomic E-state index is 0.303. The molecule has 2 heterocycles. The quantitative estimate of drug-likeness (QED) is 0.838. The van der Waals surface area contributed by atoms with Crippen molar-refractivity contribution in [1.29, 1.82) is 0 Å². The van der Waals surface area contributed by atoms with Crippen molar-refractivity contribution in [3.63, 3.8) is 0 Å². The van der Waals surface area contributed by atoms with Gasteiger partial charge in [-0.05, 0) is 40.9 Å². The van der Waals surface area contributed by atoms with E-state index in [-0.39, 0.29) is 0 Å². The zero-order valence-corrected chi connectivity index (χ0v) is 12.0. The fourth-order valence-corrected chi connectivity index (χ4v) is 1.86. The first kappa shape index (κ1) is 13.7. The van der Waals surface area contributed by atoms with Crippen molar-refractivity contribution in [1.82, 2.24) is 29.9 Å². The molecule has 7 heteroatoms. The van der Waals surface area contributed by atoms with Crippen molar-refractivity contribution in [3.05, 3.63) is 6.33 Å². The van der Waals surface area contributed by atoms with E-state index in [1.807, 2.05) is 4.68 Å². The summed E-state index contributed by atoms with van der Waals surface area (Å²) in [4.78, 5) is 10.7. The number of anilines is 1. The largest absolute Gasteiger partial charge is 0.366 e. The number of hydrogen-bond acceptors (Lipinski definition) is 6. The molecule has 0 saturated heterocycles. The molecule has 0 amide bonds. The molecule has 0 unspecified atom stereocenters. The van der Waals surface area contributed by atoms with Crippen LogP contribution in [-0.2, 0) is 6.54 Å². The first-order chi connectivity index (χ1) is 9.08. The topological polar surface area (TPSA) is 71.8 Å². The Labute approximate surface area is 113 Å². The number of hydrogen-bond donors (Lipinski definition) is 1. The van der Waals surface area contributed by atoms with Crippen molar-refractivity contribution >= 4 is 17.0 Å². The monoisotopic (exact) mass is 263 g/mol. The van der Waals surface area contributed by atoms with Crippen molar-refractivity contribution in [2.45, 2.75) is 32.9 Å². The molecule has 0 saturated carbocycles. The van der Waals surface area contributed by atoms with Gasteiger partial charge in [-0.15, -0.1) is 5.10 Å². The van der Waals surface area contributed by atoms with Gasteiger partial charge in [-0.25, -0.2) is 14.6 Å². The first-order valence-corrected chi connectivity index (χ1v) is 6.53. The number of rotatable bonds is 6. The summed E-state index contributed by atoms with van der Waals surface area (Å²) in [5, 5.41) is 11.6. The SMILES string of the molecule is CC(C)Nc1ncnc2c1nnn2CCCN(C)C. The van der Waals surface area contributed by atoms with Gasteiger partial charge in [0.2, 0.25) is 0 Å². The summed E-state index contributed by atoms with van der Waals surface area (Å²) in [5.41, 5.74) is 1.53. The smallest absolute Gasteiger partial charge is 0.183 e. The maximum Gasteiger partial charge on any atom is 0.183 e. The number of aromatic nitrogens is 5. The summed E-state index contributed by atoms with van der Waals surface area (Å²) >= 11 is 0. The highest BCUT2D eigenvalue weighted by molar-refractivity contribution is 5.81. The third kappa shape index (κ3) is 3.37. The molecule has 0 aliphatic heterocycles. The Kier molecular flexibility index (Phi) is 4.26. The van der Waals surface area contributed by atoms with Crippen molar-refractivity contribution in [2.24, 2.45) is 0 Å². The maximum atomic E-state index is 4.28. The van der Waals surface area contributed by atoms with E-state index in [4.69, 9.17) is 0 Å². The summed E-state index contributed by atoms with van der Waals surface area (Å²) < 4.78 is 1.84. The highest BCUT2D eigenvalue weighted by Gasteiger charge is 2.11. The third-order valence-electron chi connectivity index (χ3n) is 2.70. The Bertz CT molecular complexity index is 532. The van der Waals surface area contributed by atoms with Crippen LogP contribution >= 0.6 is 0 Å². The minimum absolute atomic E-state index is 0.303. The molecule has 2 aromatic rings. The van der Waals surface area contributed by atoms with Crippen LogP contribution in [0.3, 0.4) is 0 Å². The predicted molar refractivity (Wildman–Crippen MR) is 75.0 cm³/mol. The molecule has 2 aromatic heterocycles. The fourth-order valence-electron chi connectivity index (χ4n) is 1.86. The van der Waals surface area contributed by atoms with Crippen LogP contribution in [0.25, 0.3) is 11.2 Å². The highest BCUT2D eigenvalue weighted by atomic mass is 15.4. The normalized spacial score (nSPS) is 11.7. The van der Waals surface area contributed by atoms with Gasteiger partial charge >= 0.3 is 0 Å². The second-order valence-electron chi connectivity index (χ2n) is 5.16. The lowest BCUT2D eigenvalue weighted by atomic mass is 10.3. The lowest BCUT2D eigenvalue weighted by Gasteiger charge is -2.09. The molecule has 2 rings (SSSR count). The van der Waals surface area contributed by atoms with Gasteiger partial charge in [0.05, 0.1) is 0 Å². The van der Waals surface area contributed by atoms with Crippen LogP contribution in [0.1, 0.15) is 20.3 Å². The maximum absolute atomic E-state index is 4.28. The second-order valence-corrected chi connectivity index (χ2v) is 5.16. The second kappa shape index (κ2) is 5.92. The van der Waals surface area contributed by atoms with Gasteiger partial charge in [-0.3, -0.25) is 0 Å². The lowest BCUT2D eigenvalue weighted by molar-refractivity contribution is 0.380. The molecule has 0 bridgehead atoms. The van der Waals surface area contributed by atoms with Crippen LogP contribution in [0.4, 0.5) is 5.82 Å². The molecule has 0 fully saturated rings. The average molecular weight is 263 g/mol.